The Morgan fingerprint density at radius 1 is 0.969 bits per heavy atom. The highest BCUT2D eigenvalue weighted by atomic mass is 32.2. The number of hydrogen-bond donors (Lipinski definition) is 0. The van der Waals surface area contributed by atoms with Crippen molar-refractivity contribution in [3.63, 3.8) is 0 Å². The molecule has 162 valence electrons. The van der Waals surface area contributed by atoms with Crippen LogP contribution >= 0.6 is 0 Å². The Labute approximate surface area is 187 Å². The van der Waals surface area contributed by atoms with Gasteiger partial charge in [-0.1, -0.05) is 12.1 Å². The lowest BCUT2D eigenvalue weighted by atomic mass is 10.1. The van der Waals surface area contributed by atoms with Crippen molar-refractivity contribution in [2.75, 3.05) is 32.6 Å². The topological polar surface area (TPSA) is 85.5 Å². The van der Waals surface area contributed by atoms with Crippen LogP contribution in [0.3, 0.4) is 0 Å². The van der Waals surface area contributed by atoms with Gasteiger partial charge in [0.25, 0.3) is 5.91 Å². The second-order valence-corrected chi connectivity index (χ2v) is 8.88. The molecule has 4 aromatic rings. The number of carbonyl (C=O) groups excluding carboxylic acids is 1. The summed E-state index contributed by atoms with van der Waals surface area (Å²) < 4.78 is 23.2. The van der Waals surface area contributed by atoms with Gasteiger partial charge in [-0.25, -0.2) is 0 Å². The summed E-state index contributed by atoms with van der Waals surface area (Å²) in [6.45, 7) is 2.22. The average molecular weight is 448 g/mol. The third-order valence-corrected chi connectivity index (χ3v) is 6.41. The Bertz CT molecular complexity index is 1310. The first-order chi connectivity index (χ1) is 15.6. The molecule has 7 nitrogen and oxygen atoms in total. The molecule has 4 heterocycles. The summed E-state index contributed by atoms with van der Waals surface area (Å²) in [6.07, 6.45) is 5.02. The van der Waals surface area contributed by atoms with Gasteiger partial charge in [0.2, 0.25) is 0 Å². The summed E-state index contributed by atoms with van der Waals surface area (Å²) >= 11 is 0. The van der Waals surface area contributed by atoms with Crippen molar-refractivity contribution in [3.8, 4) is 22.5 Å². The van der Waals surface area contributed by atoms with Crippen LogP contribution in [-0.4, -0.2) is 57.5 Å². The molecule has 0 saturated carbocycles. The van der Waals surface area contributed by atoms with E-state index in [1.54, 1.807) is 29.6 Å². The summed E-state index contributed by atoms with van der Waals surface area (Å²) in [7, 11) is -1.03. The van der Waals surface area contributed by atoms with Crippen molar-refractivity contribution < 1.29 is 18.2 Å². The molecule has 1 atom stereocenters. The second-order valence-electron chi connectivity index (χ2n) is 7.50. The molecule has 32 heavy (non-hydrogen) atoms. The van der Waals surface area contributed by atoms with Gasteiger partial charge in [-0.2, -0.15) is 0 Å². The van der Waals surface area contributed by atoms with E-state index < -0.39 is 10.8 Å². The van der Waals surface area contributed by atoms with E-state index >= 15 is 0 Å². The zero-order valence-corrected chi connectivity index (χ0v) is 18.3. The molecule has 5 rings (SSSR count). The fourth-order valence-electron chi connectivity index (χ4n) is 3.76. The van der Waals surface area contributed by atoms with Gasteiger partial charge in [0.15, 0.2) is 5.58 Å². The predicted octanol–water partition coefficient (Wildman–Crippen LogP) is 3.77. The SMILES string of the molecule is C[S@@](=O)c1ccc(-c2cc3nccc(-c4ccnc(C(=O)N5CCOCC5)c4)c3o2)cc1. The van der Waals surface area contributed by atoms with Gasteiger partial charge in [0.05, 0.1) is 13.2 Å². The van der Waals surface area contributed by atoms with E-state index in [1.807, 2.05) is 42.5 Å². The number of carbonyl (C=O) groups is 1. The molecule has 1 saturated heterocycles. The summed E-state index contributed by atoms with van der Waals surface area (Å²) in [5.41, 5.74) is 4.30. The molecule has 0 radical (unpaired) electrons. The third kappa shape index (κ3) is 3.94. The number of hydrogen-bond acceptors (Lipinski definition) is 6. The molecule has 0 unspecified atom stereocenters. The van der Waals surface area contributed by atoms with E-state index in [-0.39, 0.29) is 5.91 Å². The normalized spacial score (nSPS) is 15.1. The molecule has 1 aliphatic rings. The first-order valence-electron chi connectivity index (χ1n) is 10.3. The van der Waals surface area contributed by atoms with Crippen molar-refractivity contribution in [3.05, 3.63) is 66.6 Å². The van der Waals surface area contributed by atoms with Gasteiger partial charge in [0, 0.05) is 64.6 Å². The lowest BCUT2D eigenvalue weighted by molar-refractivity contribution is 0.0299. The highest BCUT2D eigenvalue weighted by Gasteiger charge is 2.21. The van der Waals surface area contributed by atoms with Crippen LogP contribution in [0.1, 0.15) is 10.5 Å². The Balaban J connectivity index is 1.51. The number of aromatic nitrogens is 2. The zero-order valence-electron chi connectivity index (χ0n) is 17.5. The molecular weight excluding hydrogens is 426 g/mol. The van der Waals surface area contributed by atoms with Crippen LogP contribution in [0.15, 0.2) is 70.2 Å². The number of benzene rings is 1. The smallest absolute Gasteiger partial charge is 0.272 e. The van der Waals surface area contributed by atoms with E-state index in [9.17, 15) is 9.00 Å². The number of pyridine rings is 2. The fourth-order valence-corrected chi connectivity index (χ4v) is 4.28. The maximum absolute atomic E-state index is 12.9. The molecule has 3 aromatic heterocycles. The Hall–Kier alpha value is -3.36. The molecule has 0 aliphatic carbocycles. The van der Waals surface area contributed by atoms with Gasteiger partial charge < -0.3 is 14.1 Å². The van der Waals surface area contributed by atoms with E-state index in [1.165, 1.54) is 0 Å². The molecule has 1 fully saturated rings. The van der Waals surface area contributed by atoms with Crippen LogP contribution in [0, 0.1) is 0 Å². The molecular formula is C24H21N3O4S. The molecule has 1 aliphatic heterocycles. The van der Waals surface area contributed by atoms with Gasteiger partial charge in [-0.15, -0.1) is 0 Å². The highest BCUT2D eigenvalue weighted by molar-refractivity contribution is 7.84. The Morgan fingerprint density at radius 3 is 2.47 bits per heavy atom. The number of nitrogens with zero attached hydrogens (tertiary/aromatic N) is 3. The molecule has 0 bridgehead atoms. The Kier molecular flexibility index (Phi) is 5.55. The fraction of sp³-hybridized carbons (Fsp3) is 0.208. The quantitative estimate of drug-likeness (QED) is 0.473. The van der Waals surface area contributed by atoms with Gasteiger partial charge in [0.1, 0.15) is 17.0 Å². The van der Waals surface area contributed by atoms with Crippen molar-refractivity contribution in [1.29, 1.82) is 0 Å². The summed E-state index contributed by atoms with van der Waals surface area (Å²) in [4.78, 5) is 24.1. The summed E-state index contributed by atoms with van der Waals surface area (Å²) in [5.74, 6) is 0.570. The first-order valence-corrected chi connectivity index (χ1v) is 11.8. The molecule has 8 heteroatoms. The summed E-state index contributed by atoms with van der Waals surface area (Å²) in [6, 6.07) is 14.9. The second kappa shape index (κ2) is 8.64. The van der Waals surface area contributed by atoms with Crippen molar-refractivity contribution in [2.45, 2.75) is 4.90 Å². The zero-order chi connectivity index (χ0) is 22.1. The molecule has 1 aromatic carbocycles. The molecule has 0 N–H and O–H groups in total. The summed E-state index contributed by atoms with van der Waals surface area (Å²) in [5, 5.41) is 0. The largest absolute Gasteiger partial charge is 0.454 e. The maximum Gasteiger partial charge on any atom is 0.272 e. The van der Waals surface area contributed by atoms with E-state index in [2.05, 4.69) is 9.97 Å². The molecule has 1 amide bonds. The number of furan rings is 1. The third-order valence-electron chi connectivity index (χ3n) is 5.47. The van der Waals surface area contributed by atoms with Crippen LogP contribution in [0.4, 0.5) is 0 Å². The van der Waals surface area contributed by atoms with Crippen LogP contribution in [0.25, 0.3) is 33.6 Å². The lowest BCUT2D eigenvalue weighted by Crippen LogP contribution is -2.41. The number of rotatable bonds is 4. The maximum atomic E-state index is 12.9. The van der Waals surface area contributed by atoms with Gasteiger partial charge >= 0.3 is 0 Å². The lowest BCUT2D eigenvalue weighted by Gasteiger charge is -2.26. The minimum absolute atomic E-state index is 0.103. The van der Waals surface area contributed by atoms with Crippen LogP contribution in [0.5, 0.6) is 0 Å². The van der Waals surface area contributed by atoms with Crippen LogP contribution in [0.2, 0.25) is 0 Å². The number of amides is 1. The monoisotopic (exact) mass is 447 g/mol. The number of fused-ring (bicyclic) bond motifs is 1. The highest BCUT2D eigenvalue weighted by Crippen LogP contribution is 2.34. The van der Waals surface area contributed by atoms with E-state index in [0.717, 1.165) is 27.1 Å². The number of ether oxygens (including phenoxy) is 1. The van der Waals surface area contributed by atoms with Gasteiger partial charge in [-0.05, 0) is 35.9 Å². The van der Waals surface area contributed by atoms with E-state index in [0.29, 0.717) is 43.3 Å². The van der Waals surface area contributed by atoms with Crippen molar-refractivity contribution in [1.82, 2.24) is 14.9 Å². The van der Waals surface area contributed by atoms with Gasteiger partial charge in [-0.3, -0.25) is 19.0 Å². The van der Waals surface area contributed by atoms with Crippen LogP contribution < -0.4 is 0 Å². The Morgan fingerprint density at radius 2 is 1.72 bits per heavy atom. The standard InChI is InChI=1S/C24H21N3O4S/c1-32(29)18-4-2-16(3-5-18)22-15-20-23(31-22)19(7-9-25-20)17-6-8-26-21(14-17)24(28)27-10-12-30-13-11-27/h2-9,14-15H,10-13H2,1H3/t32-/m1/s1. The molecule has 0 spiro atoms. The minimum atomic E-state index is -1.03. The van der Waals surface area contributed by atoms with E-state index in [4.69, 9.17) is 9.15 Å². The van der Waals surface area contributed by atoms with Crippen molar-refractivity contribution in [2.24, 2.45) is 0 Å². The average Bonchev–Trinajstić information content (AvgIpc) is 3.29. The van der Waals surface area contributed by atoms with Crippen molar-refractivity contribution >= 4 is 27.8 Å². The predicted molar refractivity (Wildman–Crippen MR) is 122 cm³/mol. The first kappa shape index (κ1) is 20.5. The minimum Gasteiger partial charge on any atom is -0.454 e. The number of morpholine rings is 1. The van der Waals surface area contributed by atoms with Crippen LogP contribution in [-0.2, 0) is 15.5 Å².